The highest BCUT2D eigenvalue weighted by atomic mass is 16.6. The number of nitro benzene ring substituents is 1. The number of hydrogen-bond donors (Lipinski definition) is 0. The molecule has 2 rings (SSSR count). The summed E-state index contributed by atoms with van der Waals surface area (Å²) in [5.41, 5.74) is 0.928. The van der Waals surface area contributed by atoms with E-state index in [0.717, 1.165) is 0 Å². The maximum atomic E-state index is 12.8. The molecule has 0 aliphatic heterocycles. The SMILES string of the molecule is CN(C)C(=O)COc1ccccc1C(=O)N(C)Cc1cccc([N+](=O)[O-])c1. The van der Waals surface area contributed by atoms with E-state index in [9.17, 15) is 19.7 Å². The van der Waals surface area contributed by atoms with Gasteiger partial charge in [0, 0.05) is 39.8 Å². The Morgan fingerprint density at radius 1 is 1.07 bits per heavy atom. The second-order valence-corrected chi connectivity index (χ2v) is 6.16. The number of ether oxygens (including phenoxy) is 1. The number of likely N-dealkylation sites (N-methyl/N-ethyl adjacent to an activating group) is 1. The van der Waals surface area contributed by atoms with Gasteiger partial charge in [0.1, 0.15) is 5.75 Å². The first kappa shape index (κ1) is 19.9. The Morgan fingerprint density at radius 3 is 2.44 bits per heavy atom. The number of non-ortho nitro benzene ring substituents is 1. The zero-order valence-corrected chi connectivity index (χ0v) is 15.4. The van der Waals surface area contributed by atoms with E-state index in [1.807, 2.05) is 0 Å². The molecule has 8 nitrogen and oxygen atoms in total. The maximum absolute atomic E-state index is 12.8. The number of nitrogens with zero attached hydrogens (tertiary/aromatic N) is 3. The third-order valence-corrected chi connectivity index (χ3v) is 3.86. The van der Waals surface area contributed by atoms with Crippen LogP contribution in [-0.4, -0.2) is 54.3 Å². The minimum absolute atomic E-state index is 0.0284. The lowest BCUT2D eigenvalue weighted by Crippen LogP contribution is -2.29. The van der Waals surface area contributed by atoms with Crippen LogP contribution in [0.15, 0.2) is 48.5 Å². The monoisotopic (exact) mass is 371 g/mol. The molecule has 0 saturated heterocycles. The number of amides is 2. The number of para-hydroxylation sites is 1. The van der Waals surface area contributed by atoms with Crippen molar-refractivity contribution in [3.8, 4) is 5.75 Å². The number of carbonyl (C=O) groups excluding carboxylic acids is 2. The van der Waals surface area contributed by atoms with Crippen LogP contribution in [0.25, 0.3) is 0 Å². The van der Waals surface area contributed by atoms with Gasteiger partial charge in [-0.05, 0) is 17.7 Å². The van der Waals surface area contributed by atoms with Crippen LogP contribution >= 0.6 is 0 Å². The van der Waals surface area contributed by atoms with Crippen molar-refractivity contribution >= 4 is 17.5 Å². The van der Waals surface area contributed by atoms with E-state index >= 15 is 0 Å². The third kappa shape index (κ3) is 5.27. The van der Waals surface area contributed by atoms with Crippen LogP contribution in [0.1, 0.15) is 15.9 Å². The quantitative estimate of drug-likeness (QED) is 0.550. The van der Waals surface area contributed by atoms with Crippen molar-refractivity contribution < 1.29 is 19.2 Å². The number of hydrogen-bond acceptors (Lipinski definition) is 5. The molecule has 0 fully saturated rings. The zero-order valence-electron chi connectivity index (χ0n) is 15.4. The Hall–Kier alpha value is -3.42. The fourth-order valence-electron chi connectivity index (χ4n) is 2.36. The van der Waals surface area contributed by atoms with Gasteiger partial charge in [0.05, 0.1) is 10.5 Å². The van der Waals surface area contributed by atoms with Crippen molar-refractivity contribution in [1.29, 1.82) is 0 Å². The summed E-state index contributed by atoms with van der Waals surface area (Å²) >= 11 is 0. The smallest absolute Gasteiger partial charge is 0.269 e. The topological polar surface area (TPSA) is 93.0 Å². The zero-order chi connectivity index (χ0) is 20.0. The van der Waals surface area contributed by atoms with Gasteiger partial charge in [0.25, 0.3) is 17.5 Å². The number of benzene rings is 2. The normalized spacial score (nSPS) is 10.2. The van der Waals surface area contributed by atoms with E-state index in [1.165, 1.54) is 21.9 Å². The Morgan fingerprint density at radius 2 is 1.78 bits per heavy atom. The summed E-state index contributed by atoms with van der Waals surface area (Å²) in [6, 6.07) is 12.8. The van der Waals surface area contributed by atoms with Gasteiger partial charge in [-0.3, -0.25) is 19.7 Å². The molecule has 8 heteroatoms. The highest BCUT2D eigenvalue weighted by Gasteiger charge is 2.18. The molecular formula is C19H21N3O5. The second-order valence-electron chi connectivity index (χ2n) is 6.16. The van der Waals surface area contributed by atoms with Gasteiger partial charge in [0.2, 0.25) is 0 Å². The van der Waals surface area contributed by atoms with Gasteiger partial charge in [-0.25, -0.2) is 0 Å². The van der Waals surface area contributed by atoms with Crippen LogP contribution < -0.4 is 4.74 Å². The van der Waals surface area contributed by atoms with Crippen molar-refractivity contribution in [3.63, 3.8) is 0 Å². The number of carbonyl (C=O) groups is 2. The van der Waals surface area contributed by atoms with Gasteiger partial charge in [-0.1, -0.05) is 24.3 Å². The van der Waals surface area contributed by atoms with Crippen molar-refractivity contribution in [2.24, 2.45) is 0 Å². The first-order valence-electron chi connectivity index (χ1n) is 8.20. The molecule has 0 bridgehead atoms. The molecule has 0 radical (unpaired) electrons. The predicted molar refractivity (Wildman–Crippen MR) is 99.5 cm³/mol. The minimum Gasteiger partial charge on any atom is -0.483 e. The van der Waals surface area contributed by atoms with E-state index in [1.54, 1.807) is 57.5 Å². The largest absolute Gasteiger partial charge is 0.483 e. The summed E-state index contributed by atoms with van der Waals surface area (Å²) < 4.78 is 5.50. The lowest BCUT2D eigenvalue weighted by molar-refractivity contribution is -0.384. The van der Waals surface area contributed by atoms with Gasteiger partial charge in [-0.2, -0.15) is 0 Å². The molecule has 0 aliphatic carbocycles. The van der Waals surface area contributed by atoms with Gasteiger partial charge < -0.3 is 14.5 Å². The summed E-state index contributed by atoms with van der Waals surface area (Å²) in [5.74, 6) is -0.222. The van der Waals surface area contributed by atoms with Crippen molar-refractivity contribution in [1.82, 2.24) is 9.80 Å². The fourth-order valence-corrected chi connectivity index (χ4v) is 2.36. The molecule has 0 saturated carbocycles. The van der Waals surface area contributed by atoms with Gasteiger partial charge in [0.15, 0.2) is 6.61 Å². The highest BCUT2D eigenvalue weighted by molar-refractivity contribution is 5.96. The van der Waals surface area contributed by atoms with E-state index in [-0.39, 0.29) is 30.7 Å². The standard InChI is InChI=1S/C19H21N3O5/c1-20(2)18(23)13-27-17-10-5-4-9-16(17)19(24)21(3)12-14-7-6-8-15(11-14)22(25)26/h4-11H,12-13H2,1-3H3. The maximum Gasteiger partial charge on any atom is 0.269 e. The summed E-state index contributed by atoms with van der Waals surface area (Å²) in [5, 5.41) is 10.9. The third-order valence-electron chi connectivity index (χ3n) is 3.86. The second kappa shape index (κ2) is 8.79. The first-order chi connectivity index (χ1) is 12.8. The molecule has 0 unspecified atom stereocenters. The molecule has 27 heavy (non-hydrogen) atoms. The Balaban J connectivity index is 2.13. The average Bonchev–Trinajstić information content (AvgIpc) is 2.65. The van der Waals surface area contributed by atoms with Crippen LogP contribution in [0.2, 0.25) is 0 Å². The van der Waals surface area contributed by atoms with Crippen LogP contribution in [0.3, 0.4) is 0 Å². The number of nitro groups is 1. The fraction of sp³-hybridized carbons (Fsp3) is 0.263. The molecule has 142 valence electrons. The summed E-state index contributed by atoms with van der Waals surface area (Å²) in [7, 11) is 4.84. The van der Waals surface area contributed by atoms with Crippen molar-refractivity contribution in [2.75, 3.05) is 27.7 Å². The molecule has 0 aliphatic rings. The molecule has 2 aromatic rings. The predicted octanol–water partition coefficient (Wildman–Crippen LogP) is 2.33. The number of rotatable bonds is 7. The van der Waals surface area contributed by atoms with Gasteiger partial charge >= 0.3 is 0 Å². The minimum atomic E-state index is -0.476. The van der Waals surface area contributed by atoms with E-state index in [0.29, 0.717) is 16.9 Å². The van der Waals surface area contributed by atoms with Crippen LogP contribution in [-0.2, 0) is 11.3 Å². The van der Waals surface area contributed by atoms with E-state index < -0.39 is 4.92 Å². The first-order valence-corrected chi connectivity index (χ1v) is 8.20. The average molecular weight is 371 g/mol. The van der Waals surface area contributed by atoms with Crippen molar-refractivity contribution in [2.45, 2.75) is 6.54 Å². The Bertz CT molecular complexity index is 851. The lowest BCUT2D eigenvalue weighted by atomic mass is 10.1. The molecular weight excluding hydrogens is 350 g/mol. The molecule has 0 spiro atoms. The summed E-state index contributed by atoms with van der Waals surface area (Å²) in [6.07, 6.45) is 0. The molecule has 0 atom stereocenters. The lowest BCUT2D eigenvalue weighted by Gasteiger charge is -2.19. The summed E-state index contributed by atoms with van der Waals surface area (Å²) in [4.78, 5) is 37.8. The van der Waals surface area contributed by atoms with E-state index in [2.05, 4.69) is 0 Å². The van der Waals surface area contributed by atoms with Crippen molar-refractivity contribution in [3.05, 3.63) is 69.8 Å². The van der Waals surface area contributed by atoms with Crippen LogP contribution in [0.5, 0.6) is 5.75 Å². The van der Waals surface area contributed by atoms with E-state index in [4.69, 9.17) is 4.74 Å². The molecule has 0 aromatic heterocycles. The molecule has 0 N–H and O–H groups in total. The molecule has 0 heterocycles. The highest BCUT2D eigenvalue weighted by Crippen LogP contribution is 2.21. The Kier molecular flexibility index (Phi) is 6.48. The van der Waals surface area contributed by atoms with Crippen LogP contribution in [0.4, 0.5) is 5.69 Å². The molecule has 2 amide bonds. The Labute approximate surface area is 157 Å². The van der Waals surface area contributed by atoms with Gasteiger partial charge in [-0.15, -0.1) is 0 Å². The van der Waals surface area contributed by atoms with Crippen LogP contribution in [0, 0.1) is 10.1 Å². The molecule has 2 aromatic carbocycles. The summed E-state index contributed by atoms with van der Waals surface area (Å²) in [6.45, 7) is 0.0252.